The number of methoxy groups -OCH3 is 3. The summed E-state index contributed by atoms with van der Waals surface area (Å²) in [6.07, 6.45) is 1.47. The zero-order valence-electron chi connectivity index (χ0n) is 38.0. The third-order valence-electron chi connectivity index (χ3n) is 13.4. The normalized spacial score (nSPS) is 19.0. The summed E-state index contributed by atoms with van der Waals surface area (Å²) in [5, 5.41) is 0. The zero-order valence-corrected chi connectivity index (χ0v) is 38.0. The van der Waals surface area contributed by atoms with E-state index in [1.54, 1.807) is 21.3 Å². The lowest BCUT2D eigenvalue weighted by Crippen LogP contribution is -2.58. The van der Waals surface area contributed by atoms with Gasteiger partial charge in [0.15, 0.2) is 0 Å². The highest BCUT2D eigenvalue weighted by molar-refractivity contribution is 5.86. The molecule has 67 heavy (non-hydrogen) atoms. The van der Waals surface area contributed by atoms with Crippen molar-refractivity contribution in [2.75, 3.05) is 74.2 Å². The monoisotopic (exact) mass is 902 g/mol. The summed E-state index contributed by atoms with van der Waals surface area (Å²) in [6, 6.07) is 47.5. The maximum Gasteiger partial charge on any atom is 0.330 e. The van der Waals surface area contributed by atoms with Crippen molar-refractivity contribution in [1.82, 2.24) is 0 Å². The first-order valence-electron chi connectivity index (χ1n) is 22.5. The smallest absolute Gasteiger partial charge is 0.330 e. The van der Waals surface area contributed by atoms with E-state index < -0.39 is 28.5 Å². The van der Waals surface area contributed by atoms with Gasteiger partial charge in [-0.25, -0.2) is 4.79 Å². The van der Waals surface area contributed by atoms with Crippen LogP contribution in [0.3, 0.4) is 0 Å². The van der Waals surface area contributed by atoms with E-state index >= 15 is 0 Å². The van der Waals surface area contributed by atoms with Crippen LogP contribution in [0.4, 0.5) is 0 Å². The standard InChI is InChI=1S/C56H54O11/c1-5-52(57)66-34-30-62-28-32-64-40-22-18-38(19-23-40)55(45-14-8-6-12-43(45)44-13-7-9-15-46(44)55)39-20-24-41(25-21-39)65-33-29-63-31-35-67-53(58)51-37-54(60-3)47-16-10-11-17-48(47)56(51,61-4)49-27-26-42(59-2)36-50(49)54/h5-27,36,51H,1,28-35,37H2,2-4H3. The van der Waals surface area contributed by atoms with Crippen molar-refractivity contribution in [3.8, 4) is 28.4 Å². The summed E-state index contributed by atoms with van der Waals surface area (Å²) in [5.41, 5.74) is 8.08. The number of esters is 2. The van der Waals surface area contributed by atoms with Crippen LogP contribution in [0.2, 0.25) is 0 Å². The first-order chi connectivity index (χ1) is 32.8. The Morgan fingerprint density at radius 3 is 1.57 bits per heavy atom. The molecule has 4 aliphatic rings. The molecule has 0 saturated heterocycles. The molecule has 10 rings (SSSR count). The van der Waals surface area contributed by atoms with Crippen molar-refractivity contribution in [3.05, 3.63) is 197 Å². The molecule has 0 saturated carbocycles. The van der Waals surface area contributed by atoms with E-state index in [-0.39, 0.29) is 32.4 Å². The van der Waals surface area contributed by atoms with Gasteiger partial charge in [0.25, 0.3) is 0 Å². The molecule has 3 atom stereocenters. The van der Waals surface area contributed by atoms with Gasteiger partial charge in [-0.2, -0.15) is 0 Å². The lowest BCUT2D eigenvalue weighted by molar-refractivity contribution is -0.174. The third kappa shape index (κ3) is 7.95. The predicted octanol–water partition coefficient (Wildman–Crippen LogP) is 8.94. The van der Waals surface area contributed by atoms with Crippen LogP contribution >= 0.6 is 0 Å². The summed E-state index contributed by atoms with van der Waals surface area (Å²) in [5.74, 6) is 0.617. The molecule has 0 fully saturated rings. The van der Waals surface area contributed by atoms with E-state index in [1.165, 1.54) is 22.3 Å². The lowest BCUT2D eigenvalue weighted by atomic mass is 9.54. The van der Waals surface area contributed by atoms with Gasteiger partial charge in [0.05, 0.1) is 44.9 Å². The van der Waals surface area contributed by atoms with Gasteiger partial charge in [-0.15, -0.1) is 0 Å². The Balaban J connectivity index is 0.827. The minimum atomic E-state index is -1.06. The Hall–Kier alpha value is -6.76. The Morgan fingerprint density at radius 1 is 0.537 bits per heavy atom. The average molecular weight is 903 g/mol. The van der Waals surface area contributed by atoms with E-state index in [0.29, 0.717) is 44.3 Å². The number of carbonyl (C=O) groups excluding carboxylic acids is 2. The fourth-order valence-corrected chi connectivity index (χ4v) is 10.5. The van der Waals surface area contributed by atoms with Gasteiger partial charge in [0.1, 0.15) is 54.9 Å². The van der Waals surface area contributed by atoms with E-state index in [9.17, 15) is 9.59 Å². The molecular weight excluding hydrogens is 849 g/mol. The highest BCUT2D eigenvalue weighted by Crippen LogP contribution is 2.63. The summed E-state index contributed by atoms with van der Waals surface area (Å²) in [7, 11) is 4.96. The molecule has 6 aromatic carbocycles. The first kappa shape index (κ1) is 45.4. The van der Waals surface area contributed by atoms with Gasteiger partial charge in [0, 0.05) is 26.7 Å². The Morgan fingerprint density at radius 2 is 1.03 bits per heavy atom. The van der Waals surface area contributed by atoms with Gasteiger partial charge in [-0.05, 0) is 92.0 Å². The SMILES string of the molecule is C=CC(=O)OCCOCCOc1ccc(C2(c3ccc(OCCOCCOC(=O)C4CC5(OC)c6ccccc6C4(OC)c4ccc(OC)cc45)cc3)c3ccccc3-c3ccccc32)cc1. The molecule has 11 nitrogen and oxygen atoms in total. The molecule has 11 heteroatoms. The molecule has 0 aliphatic heterocycles. The van der Waals surface area contributed by atoms with Crippen molar-refractivity contribution in [3.63, 3.8) is 0 Å². The molecular formula is C56H54O11. The summed E-state index contributed by atoms with van der Waals surface area (Å²) >= 11 is 0. The molecule has 0 amide bonds. The molecule has 0 aromatic heterocycles. The van der Waals surface area contributed by atoms with Crippen LogP contribution in [-0.4, -0.2) is 86.1 Å². The molecule has 4 aliphatic carbocycles. The van der Waals surface area contributed by atoms with Crippen molar-refractivity contribution in [2.24, 2.45) is 5.92 Å². The van der Waals surface area contributed by atoms with Gasteiger partial charge in [-0.3, -0.25) is 4.79 Å². The largest absolute Gasteiger partial charge is 0.497 e. The molecule has 0 radical (unpaired) electrons. The van der Waals surface area contributed by atoms with Crippen LogP contribution in [0.25, 0.3) is 11.1 Å². The Bertz CT molecular complexity index is 2680. The highest BCUT2D eigenvalue weighted by Gasteiger charge is 2.64. The zero-order chi connectivity index (χ0) is 46.4. The topological polar surface area (TPSA) is 117 Å². The van der Waals surface area contributed by atoms with E-state index in [1.807, 2.05) is 66.7 Å². The molecule has 3 unspecified atom stereocenters. The van der Waals surface area contributed by atoms with E-state index in [2.05, 4.69) is 79.4 Å². The fourth-order valence-electron chi connectivity index (χ4n) is 10.5. The minimum absolute atomic E-state index is 0.0735. The second-order valence-corrected chi connectivity index (χ2v) is 16.5. The predicted molar refractivity (Wildman–Crippen MR) is 252 cm³/mol. The molecule has 6 aromatic rings. The van der Waals surface area contributed by atoms with Crippen LogP contribution in [0.15, 0.2) is 152 Å². The number of carbonyl (C=O) groups is 2. The number of hydrogen-bond acceptors (Lipinski definition) is 11. The maximum absolute atomic E-state index is 14.0. The fraction of sp³-hybridized carbons (Fsp3) is 0.286. The van der Waals surface area contributed by atoms with Crippen LogP contribution in [0.1, 0.15) is 50.9 Å². The van der Waals surface area contributed by atoms with Gasteiger partial charge in [-0.1, -0.05) is 110 Å². The summed E-state index contributed by atoms with van der Waals surface area (Å²) < 4.78 is 52.8. The van der Waals surface area contributed by atoms with Crippen molar-refractivity contribution < 1.29 is 52.2 Å². The number of rotatable bonds is 21. The molecule has 0 spiro atoms. The third-order valence-corrected chi connectivity index (χ3v) is 13.4. The average Bonchev–Trinajstić information content (AvgIpc) is 3.69. The molecule has 0 heterocycles. The highest BCUT2D eigenvalue weighted by atomic mass is 16.6. The van der Waals surface area contributed by atoms with Gasteiger partial charge < -0.3 is 42.6 Å². The summed E-state index contributed by atoms with van der Waals surface area (Å²) in [6.45, 7) is 5.41. The number of ether oxygens (including phenoxy) is 9. The first-order valence-corrected chi connectivity index (χ1v) is 22.5. The quantitative estimate of drug-likeness (QED) is 0.0391. The maximum atomic E-state index is 14.0. The van der Waals surface area contributed by atoms with Crippen LogP contribution in [0, 0.1) is 5.92 Å². The van der Waals surface area contributed by atoms with Crippen LogP contribution < -0.4 is 14.2 Å². The lowest BCUT2D eigenvalue weighted by Gasteiger charge is -2.56. The molecule has 344 valence electrons. The van der Waals surface area contributed by atoms with E-state index in [0.717, 1.165) is 45.2 Å². The number of hydrogen-bond donors (Lipinski definition) is 0. The van der Waals surface area contributed by atoms with E-state index in [4.69, 9.17) is 42.6 Å². The van der Waals surface area contributed by atoms with Gasteiger partial charge >= 0.3 is 11.9 Å². The van der Waals surface area contributed by atoms with Crippen LogP contribution in [0.5, 0.6) is 17.2 Å². The van der Waals surface area contributed by atoms with Crippen LogP contribution in [-0.2, 0) is 54.6 Å². The van der Waals surface area contributed by atoms with Crippen molar-refractivity contribution >= 4 is 11.9 Å². The number of benzene rings is 6. The molecule has 2 bridgehead atoms. The minimum Gasteiger partial charge on any atom is -0.497 e. The van der Waals surface area contributed by atoms with Gasteiger partial charge in [0.2, 0.25) is 0 Å². The Labute approximate surface area is 391 Å². The Kier molecular flexibility index (Phi) is 13.3. The number of fused-ring (bicyclic) bond motifs is 4. The second-order valence-electron chi connectivity index (χ2n) is 16.5. The van der Waals surface area contributed by atoms with Crippen molar-refractivity contribution in [2.45, 2.75) is 23.0 Å². The molecule has 0 N–H and O–H groups in total. The second kappa shape index (κ2) is 19.6. The summed E-state index contributed by atoms with van der Waals surface area (Å²) in [4.78, 5) is 25.3. The van der Waals surface area contributed by atoms with Crippen molar-refractivity contribution in [1.29, 1.82) is 0 Å².